The molecule has 2 N–H and O–H groups in total. The van der Waals surface area contributed by atoms with Gasteiger partial charge in [-0.1, -0.05) is 0 Å². The van der Waals surface area contributed by atoms with E-state index in [0.717, 1.165) is 0 Å². The lowest BCUT2D eigenvalue weighted by Gasteiger charge is -2.05. The van der Waals surface area contributed by atoms with Crippen LogP contribution in [0.15, 0.2) is 22.7 Å². The van der Waals surface area contributed by atoms with Gasteiger partial charge < -0.3 is 5.11 Å². The number of halogens is 1. The van der Waals surface area contributed by atoms with Crippen molar-refractivity contribution in [1.82, 2.24) is 15.2 Å². The molecule has 0 bridgehead atoms. The number of aromatic hydroxyl groups is 1. The van der Waals surface area contributed by atoms with Crippen molar-refractivity contribution in [2.45, 2.75) is 13.8 Å². The molecule has 2 aromatic rings. The summed E-state index contributed by atoms with van der Waals surface area (Å²) in [5.74, 6) is -0.282. The molecule has 0 spiro atoms. The summed E-state index contributed by atoms with van der Waals surface area (Å²) in [6.07, 6.45) is 0. The van der Waals surface area contributed by atoms with Gasteiger partial charge in [0, 0.05) is 5.56 Å². The van der Waals surface area contributed by atoms with Crippen LogP contribution in [0.25, 0.3) is 0 Å². The summed E-state index contributed by atoms with van der Waals surface area (Å²) in [5.41, 5.74) is 1.71. The molecule has 1 aromatic heterocycles. The highest BCUT2D eigenvalue weighted by atomic mass is 79.9. The molecule has 1 amide bonds. The van der Waals surface area contributed by atoms with Crippen LogP contribution < -0.4 is 5.32 Å². The van der Waals surface area contributed by atoms with Crippen LogP contribution in [-0.4, -0.2) is 26.2 Å². The van der Waals surface area contributed by atoms with Crippen LogP contribution in [-0.2, 0) is 0 Å². The summed E-state index contributed by atoms with van der Waals surface area (Å²) < 4.78 is 0.521. The highest BCUT2D eigenvalue weighted by Gasteiger charge is 2.11. The minimum absolute atomic E-state index is 0.00761. The minimum atomic E-state index is -0.409. The Balaban J connectivity index is 2.20. The van der Waals surface area contributed by atoms with Crippen LogP contribution in [0.2, 0.25) is 0 Å². The zero-order valence-electron chi connectivity index (χ0n) is 10.3. The third-order valence-corrected chi connectivity index (χ3v) is 3.20. The van der Waals surface area contributed by atoms with Crippen LogP contribution in [0.5, 0.6) is 5.75 Å². The molecule has 6 nitrogen and oxygen atoms in total. The van der Waals surface area contributed by atoms with Crippen LogP contribution in [0.3, 0.4) is 0 Å². The lowest BCUT2D eigenvalue weighted by atomic mass is 10.2. The molecule has 0 fully saturated rings. The van der Waals surface area contributed by atoms with Gasteiger partial charge in [-0.3, -0.25) is 10.1 Å². The van der Waals surface area contributed by atoms with Gasteiger partial charge in [-0.05, 0) is 48.0 Å². The fourth-order valence-corrected chi connectivity index (χ4v) is 1.58. The lowest BCUT2D eigenvalue weighted by Crippen LogP contribution is -2.15. The normalized spacial score (nSPS) is 10.3. The number of phenolic OH excluding ortho intramolecular Hbond substituents is 1. The number of carbonyl (C=O) groups is 1. The van der Waals surface area contributed by atoms with Gasteiger partial charge in [0.1, 0.15) is 5.75 Å². The predicted molar refractivity (Wildman–Crippen MR) is 73.1 cm³/mol. The molecule has 2 rings (SSSR count). The second-order valence-electron chi connectivity index (χ2n) is 3.93. The summed E-state index contributed by atoms with van der Waals surface area (Å²) in [4.78, 5) is 16.0. The average Bonchev–Trinajstić information content (AvgIpc) is 2.37. The largest absolute Gasteiger partial charge is 0.507 e. The molecule has 0 aliphatic rings. The van der Waals surface area contributed by atoms with Crippen LogP contribution in [0.4, 0.5) is 5.95 Å². The standard InChI is InChI=1S/C12H11BrN4O2/c1-6-7(2)16-17-12(14-6)15-11(19)8-3-4-9(13)10(18)5-8/h3-5,18H,1-2H3,(H,14,15,17,19). The Morgan fingerprint density at radius 2 is 2.00 bits per heavy atom. The number of rotatable bonds is 2. The van der Waals surface area contributed by atoms with Gasteiger partial charge >= 0.3 is 0 Å². The van der Waals surface area contributed by atoms with Crippen molar-refractivity contribution >= 4 is 27.8 Å². The number of aryl methyl sites for hydroxylation is 2. The highest BCUT2D eigenvalue weighted by molar-refractivity contribution is 9.10. The fourth-order valence-electron chi connectivity index (χ4n) is 1.34. The smallest absolute Gasteiger partial charge is 0.258 e. The Morgan fingerprint density at radius 1 is 1.26 bits per heavy atom. The molecule has 7 heteroatoms. The number of hydrogen-bond acceptors (Lipinski definition) is 5. The fraction of sp³-hybridized carbons (Fsp3) is 0.167. The number of aromatic nitrogens is 3. The van der Waals surface area contributed by atoms with E-state index in [-0.39, 0.29) is 11.7 Å². The molecule has 19 heavy (non-hydrogen) atoms. The number of amides is 1. The van der Waals surface area contributed by atoms with Crippen molar-refractivity contribution in [3.05, 3.63) is 39.6 Å². The maximum Gasteiger partial charge on any atom is 0.258 e. The molecule has 0 aliphatic carbocycles. The topological polar surface area (TPSA) is 88.0 Å². The number of nitrogens with one attached hydrogen (secondary N) is 1. The van der Waals surface area contributed by atoms with Crippen LogP contribution >= 0.6 is 15.9 Å². The predicted octanol–water partition coefficient (Wildman–Crippen LogP) is 2.21. The molecule has 0 saturated heterocycles. The SMILES string of the molecule is Cc1nnc(NC(=O)c2ccc(Br)c(O)c2)nc1C. The first-order chi connectivity index (χ1) is 8.97. The zero-order valence-corrected chi connectivity index (χ0v) is 11.9. The third-order valence-electron chi connectivity index (χ3n) is 2.53. The van der Waals surface area contributed by atoms with Crippen molar-refractivity contribution in [3.63, 3.8) is 0 Å². The van der Waals surface area contributed by atoms with Crippen molar-refractivity contribution in [2.24, 2.45) is 0 Å². The molecule has 1 heterocycles. The number of nitrogens with zero attached hydrogens (tertiary/aromatic N) is 3. The second kappa shape index (κ2) is 5.31. The number of benzene rings is 1. The number of carbonyl (C=O) groups excluding carboxylic acids is 1. The molecular weight excluding hydrogens is 312 g/mol. The summed E-state index contributed by atoms with van der Waals surface area (Å²) >= 11 is 3.15. The average molecular weight is 323 g/mol. The molecule has 0 aliphatic heterocycles. The van der Waals surface area contributed by atoms with E-state index >= 15 is 0 Å². The maximum atomic E-state index is 11.9. The van der Waals surface area contributed by atoms with Gasteiger partial charge in [0.2, 0.25) is 5.95 Å². The van der Waals surface area contributed by atoms with Gasteiger partial charge in [-0.15, -0.1) is 5.10 Å². The number of phenols is 1. The van der Waals surface area contributed by atoms with E-state index in [1.165, 1.54) is 6.07 Å². The molecule has 0 saturated carbocycles. The monoisotopic (exact) mass is 322 g/mol. The Labute approximate surface area is 118 Å². The Morgan fingerprint density at radius 3 is 2.63 bits per heavy atom. The van der Waals surface area contributed by atoms with E-state index in [1.54, 1.807) is 26.0 Å². The van der Waals surface area contributed by atoms with Gasteiger partial charge in [0.25, 0.3) is 5.91 Å². The van der Waals surface area contributed by atoms with Gasteiger partial charge in [0.05, 0.1) is 15.9 Å². The first-order valence-corrected chi connectivity index (χ1v) is 6.24. The number of anilines is 1. The summed E-state index contributed by atoms with van der Waals surface area (Å²) in [6, 6.07) is 4.52. The van der Waals surface area contributed by atoms with E-state index < -0.39 is 5.91 Å². The first kappa shape index (κ1) is 13.4. The Hall–Kier alpha value is -2.02. The minimum Gasteiger partial charge on any atom is -0.507 e. The summed E-state index contributed by atoms with van der Waals surface area (Å²) in [6.45, 7) is 3.57. The van der Waals surface area contributed by atoms with E-state index in [4.69, 9.17) is 0 Å². The molecule has 1 aromatic carbocycles. The van der Waals surface area contributed by atoms with Gasteiger partial charge in [0.15, 0.2) is 0 Å². The molecule has 0 radical (unpaired) electrons. The van der Waals surface area contributed by atoms with Crippen molar-refractivity contribution in [3.8, 4) is 5.75 Å². The van der Waals surface area contributed by atoms with E-state index in [2.05, 4.69) is 36.4 Å². The molecular formula is C12H11BrN4O2. The summed E-state index contributed by atoms with van der Waals surface area (Å²) in [5, 5.41) is 19.7. The lowest BCUT2D eigenvalue weighted by molar-refractivity contribution is 0.102. The van der Waals surface area contributed by atoms with E-state index in [0.29, 0.717) is 21.4 Å². The Bertz CT molecular complexity index is 646. The zero-order chi connectivity index (χ0) is 14.0. The van der Waals surface area contributed by atoms with Crippen molar-refractivity contribution < 1.29 is 9.90 Å². The quantitative estimate of drug-likeness (QED) is 0.885. The van der Waals surface area contributed by atoms with Crippen molar-refractivity contribution in [2.75, 3.05) is 5.32 Å². The van der Waals surface area contributed by atoms with Gasteiger partial charge in [-0.25, -0.2) is 4.98 Å². The van der Waals surface area contributed by atoms with E-state index in [1.807, 2.05) is 0 Å². The molecule has 98 valence electrons. The number of hydrogen-bond donors (Lipinski definition) is 2. The molecule has 0 atom stereocenters. The second-order valence-corrected chi connectivity index (χ2v) is 4.78. The highest BCUT2D eigenvalue weighted by Crippen LogP contribution is 2.24. The maximum absolute atomic E-state index is 11.9. The van der Waals surface area contributed by atoms with Gasteiger partial charge in [-0.2, -0.15) is 5.10 Å². The van der Waals surface area contributed by atoms with Crippen molar-refractivity contribution in [1.29, 1.82) is 0 Å². The first-order valence-electron chi connectivity index (χ1n) is 5.45. The molecule has 0 unspecified atom stereocenters. The third kappa shape index (κ3) is 3.05. The Kier molecular flexibility index (Phi) is 3.75. The van der Waals surface area contributed by atoms with Crippen LogP contribution in [0, 0.1) is 13.8 Å². The summed E-state index contributed by atoms with van der Waals surface area (Å²) in [7, 11) is 0. The van der Waals surface area contributed by atoms with E-state index in [9.17, 15) is 9.90 Å². The van der Waals surface area contributed by atoms with Crippen LogP contribution in [0.1, 0.15) is 21.7 Å².